The third kappa shape index (κ3) is 13.2. The van der Waals surface area contributed by atoms with E-state index in [1.807, 2.05) is 0 Å². The average Bonchev–Trinajstić information content (AvgIpc) is 3.21. The van der Waals surface area contributed by atoms with E-state index < -0.39 is 39.3 Å². The maximum Gasteiger partial charge on any atom is -0.0134 e. The molecule has 10 heteroatoms. The molecule has 0 nitrogen and oxygen atoms in total. The fraction of sp³-hybridized carbons (Fsp3) is 0.0455. The number of halogens is 7. The van der Waals surface area contributed by atoms with Gasteiger partial charge in [0.1, 0.15) is 0 Å². The van der Waals surface area contributed by atoms with Gasteiger partial charge in [-0.3, -0.25) is 0 Å². The Labute approximate surface area is 332 Å². The number of hydrogen-bond acceptors (Lipinski definition) is 0. The van der Waals surface area contributed by atoms with E-state index in [9.17, 15) is 26.3 Å². The number of benzene rings is 7. The predicted molar refractivity (Wildman–Crippen MR) is 215 cm³/mol. The van der Waals surface area contributed by atoms with Crippen molar-refractivity contribution in [3.8, 4) is 0 Å². The molecule has 0 amide bonds. The molecule has 0 saturated heterocycles. The Kier molecular flexibility index (Phi) is 17.4. The van der Waals surface area contributed by atoms with Crippen LogP contribution in [0.3, 0.4) is 0 Å². The largest absolute Gasteiger partial charge is 0.0622 e. The first-order valence-electron chi connectivity index (χ1n) is 16.3. The van der Waals surface area contributed by atoms with Crippen LogP contribution >= 0.6 is 29.3 Å². The maximum absolute atomic E-state index is 12.0. The quantitative estimate of drug-likeness (QED) is 0.0675. The first-order valence-corrected chi connectivity index (χ1v) is 22.5. The van der Waals surface area contributed by atoms with Gasteiger partial charge in [-0.25, -0.2) is 0 Å². The van der Waals surface area contributed by atoms with E-state index in [1.54, 1.807) is 6.07 Å². The zero-order chi connectivity index (χ0) is 38.8. The summed E-state index contributed by atoms with van der Waals surface area (Å²) in [6.07, 6.45) is -9.56. The van der Waals surface area contributed by atoms with E-state index in [0.29, 0.717) is 12.1 Å². The van der Waals surface area contributed by atoms with Crippen LogP contribution in [0, 0.1) is 6.07 Å². The topological polar surface area (TPSA) is 0 Å². The van der Waals surface area contributed by atoms with Crippen LogP contribution in [0.15, 0.2) is 200 Å². The van der Waals surface area contributed by atoms with Gasteiger partial charge in [0.2, 0.25) is 0 Å². The summed E-state index contributed by atoms with van der Waals surface area (Å²) in [5, 5.41) is 8.39. The molecule has 0 aliphatic rings. The molecule has 7 rings (SSSR count). The molecule has 7 aromatic carbocycles. The smallest absolute Gasteiger partial charge is 0.0134 e. The Balaban J connectivity index is 0.000000179. The molecular formula is C44H33BrF6P2Pd. The first kappa shape index (κ1) is 42.9. The monoisotopic (exact) mass is 922 g/mol. The van der Waals surface area contributed by atoms with E-state index in [-0.39, 0.29) is 6.07 Å². The van der Waals surface area contributed by atoms with Crippen LogP contribution in [0.4, 0.5) is 26.3 Å². The van der Waals surface area contributed by atoms with Gasteiger partial charge in [-0.05, 0) is 47.7 Å². The molecular weight excluding hydrogens is 891 g/mol. The molecule has 278 valence electrons. The van der Waals surface area contributed by atoms with Crippen molar-refractivity contribution < 1.29 is 43.5 Å². The Bertz CT molecular complexity index is 1720. The van der Waals surface area contributed by atoms with E-state index in [2.05, 4.69) is 213 Å². The van der Waals surface area contributed by atoms with Crippen LogP contribution < -0.4 is 31.8 Å². The van der Waals surface area contributed by atoms with Crippen LogP contribution in [0.2, 0.25) is 0 Å². The third-order valence-electron chi connectivity index (χ3n) is 7.53. The van der Waals surface area contributed by atoms with Crippen LogP contribution in [0.25, 0.3) is 0 Å². The molecule has 0 bridgehead atoms. The molecule has 0 N–H and O–H groups in total. The van der Waals surface area contributed by atoms with Crippen LogP contribution in [-0.4, -0.2) is 0 Å². The molecule has 0 aliphatic heterocycles. The Morgan fingerprint density at radius 3 is 0.704 bits per heavy atom. The molecule has 0 radical (unpaired) electrons. The third-order valence-corrected chi connectivity index (χ3v) is 12.4. The minimum atomic E-state index is -4.78. The van der Waals surface area contributed by atoms with E-state index >= 15 is 0 Å². The van der Waals surface area contributed by atoms with Gasteiger partial charge in [-0.15, -0.1) is 6.07 Å². The van der Waals surface area contributed by atoms with Gasteiger partial charge in [-0.1, -0.05) is 193 Å². The van der Waals surface area contributed by atoms with Crippen LogP contribution in [0.5, 0.6) is 0 Å². The van der Waals surface area contributed by atoms with E-state index in [1.165, 1.54) is 31.8 Å². The van der Waals surface area contributed by atoms with Crippen LogP contribution in [0.1, 0.15) is 11.1 Å². The minimum Gasteiger partial charge on any atom is -0.0622 e. The van der Waals surface area contributed by atoms with Crippen molar-refractivity contribution in [1.82, 2.24) is 0 Å². The van der Waals surface area contributed by atoms with Crippen molar-refractivity contribution >= 4 is 61.1 Å². The Hall–Kier alpha value is -3.88. The minimum absolute atomic E-state index is 0.0521. The summed E-state index contributed by atoms with van der Waals surface area (Å²) >= 11 is 5.35. The average molecular weight is 924 g/mol. The number of hydrogen-bond donors (Lipinski definition) is 0. The zero-order valence-electron chi connectivity index (χ0n) is 28.4. The van der Waals surface area contributed by atoms with Crippen molar-refractivity contribution in [1.29, 1.82) is 0 Å². The maximum atomic E-state index is 12.0. The number of alkyl halides is 6. The Morgan fingerprint density at radius 1 is 0.352 bits per heavy atom. The predicted octanol–water partition coefficient (Wildman–Crippen LogP) is 11.3. The molecule has 54 heavy (non-hydrogen) atoms. The zero-order valence-corrected chi connectivity index (χ0v) is 33.3. The summed E-state index contributed by atoms with van der Waals surface area (Å²) in [5.41, 5.74) is -2.71. The molecule has 0 aromatic heterocycles. The van der Waals surface area contributed by atoms with Crippen molar-refractivity contribution in [3.05, 3.63) is 217 Å². The molecule has 0 atom stereocenters. The van der Waals surface area contributed by atoms with E-state index in [0.717, 1.165) is 0 Å². The van der Waals surface area contributed by atoms with Gasteiger partial charge in [0.25, 0.3) is 0 Å². The second-order valence-electron chi connectivity index (χ2n) is 11.2. The normalized spacial score (nSPS) is 10.9. The fourth-order valence-corrected chi connectivity index (χ4v) is 9.77. The molecule has 7 aromatic rings. The van der Waals surface area contributed by atoms with Gasteiger partial charge in [0.15, 0.2) is 0 Å². The summed E-state index contributed by atoms with van der Waals surface area (Å²) in [6, 6.07) is 67.4. The Morgan fingerprint density at radius 2 is 0.537 bits per heavy atom. The second kappa shape index (κ2) is 21.9. The second-order valence-corrected chi connectivity index (χ2v) is 15.6. The SMILES string of the molecule is FC(F)(F)c1c[c-]cc(C(F)(F)F)c1.[Br][Pd+].c1ccc(P(c2ccccc2)c2ccccc2)cc1.c1ccc(P(c2ccccc2)c2ccccc2)cc1. The van der Waals surface area contributed by atoms with Gasteiger partial charge in [-0.2, -0.15) is 44.5 Å². The van der Waals surface area contributed by atoms with Crippen molar-refractivity contribution in [2.24, 2.45) is 0 Å². The number of rotatable bonds is 6. The summed E-state index contributed by atoms with van der Waals surface area (Å²) in [7, 11) is -0.892. The van der Waals surface area contributed by atoms with Crippen molar-refractivity contribution in [2.45, 2.75) is 12.4 Å². The molecule has 0 spiro atoms. The summed E-state index contributed by atoms with van der Waals surface area (Å²) < 4.78 is 71.8. The molecule has 0 saturated carbocycles. The first-order chi connectivity index (χ1) is 26.1. The van der Waals surface area contributed by atoms with E-state index in [4.69, 9.17) is 0 Å². The van der Waals surface area contributed by atoms with Gasteiger partial charge >= 0.3 is 43.0 Å². The standard InChI is InChI=1S/2C18H15P.C8H3F6.BrH.Pd/c2*1-4-10-16(11-5-1)19(17-12-6-2-7-13-17)18-14-8-3-9-15-18;9-7(10,11)5-2-1-3-6(4-5)8(12,13)14;;/h2*1-15H;2-4H;1H;/q;;-1;;+2/p-1. The summed E-state index contributed by atoms with van der Waals surface area (Å²) in [5.74, 6) is 0. The fourth-order valence-electron chi connectivity index (χ4n) is 5.16. The molecule has 0 fully saturated rings. The van der Waals surface area contributed by atoms with Crippen molar-refractivity contribution in [2.75, 3.05) is 0 Å². The van der Waals surface area contributed by atoms with Crippen LogP contribution in [-0.2, 0) is 29.5 Å². The van der Waals surface area contributed by atoms with Crippen molar-refractivity contribution in [3.63, 3.8) is 0 Å². The molecule has 0 aliphatic carbocycles. The molecule has 0 heterocycles. The molecule has 0 unspecified atom stereocenters. The summed E-state index contributed by atoms with van der Waals surface area (Å²) in [4.78, 5) is 0. The van der Waals surface area contributed by atoms with Gasteiger partial charge in [0, 0.05) is 0 Å². The van der Waals surface area contributed by atoms with Gasteiger partial charge < -0.3 is 0 Å². The van der Waals surface area contributed by atoms with Gasteiger partial charge in [0.05, 0.1) is 0 Å². The summed E-state index contributed by atoms with van der Waals surface area (Å²) in [6.45, 7) is 0.